The standard InChI is InChI=1S/C39H61N7O9S/c1-11-15-28(31(47)34(49)40-19-12-2)41-33(48)29-21-27(55-37(52)45-20-18-25-16-13-14-17-26(25)22-45)23-46(29)35(50)32(39(6,7)8)43-36(51)42-30(38(3,4)5)24-44(9)56(10,53)54/h12-14,16-17,27-30,32H,2,11,15,18-24H2,1,3-10H3,(H,40,49)(H,41,48)(H2,42,43,51)/t27-,28?,29+,30-,32?/m1/s1. The molecule has 0 aliphatic carbocycles. The molecule has 2 aliphatic rings. The van der Waals surface area contributed by atoms with E-state index >= 15 is 0 Å². The molecule has 1 aromatic carbocycles. The van der Waals surface area contributed by atoms with E-state index in [1.807, 2.05) is 45.0 Å². The van der Waals surface area contributed by atoms with Gasteiger partial charge < -0.3 is 35.8 Å². The Kier molecular flexibility index (Phi) is 15.6. The highest BCUT2D eigenvalue weighted by atomic mass is 32.2. The minimum Gasteiger partial charge on any atom is -0.444 e. The number of likely N-dealkylation sites (tertiary alicyclic amines) is 1. The number of ketones is 1. The van der Waals surface area contributed by atoms with E-state index in [-0.39, 0.29) is 32.5 Å². The molecule has 0 spiro atoms. The highest BCUT2D eigenvalue weighted by molar-refractivity contribution is 7.88. The summed E-state index contributed by atoms with van der Waals surface area (Å²) in [7, 11) is -2.15. The van der Waals surface area contributed by atoms with Crippen molar-refractivity contribution in [2.75, 3.05) is 39.5 Å². The minimum absolute atomic E-state index is 0.0306. The molecule has 0 aromatic heterocycles. The zero-order valence-corrected chi connectivity index (χ0v) is 35.1. The molecule has 1 saturated heterocycles. The molecule has 0 saturated carbocycles. The number of nitrogens with zero attached hydrogens (tertiary/aromatic N) is 3. The molecule has 2 heterocycles. The SMILES string of the molecule is C=CCNC(=O)C(=O)C(CCC)NC(=O)[C@@H]1C[C@@H](OC(=O)N2CCc3ccccc3C2)CN1C(=O)C(NC(=O)N[C@H](CN(C)S(C)(=O)=O)C(C)(C)C)C(C)(C)C. The summed E-state index contributed by atoms with van der Waals surface area (Å²) in [6.45, 7) is 16.7. The van der Waals surface area contributed by atoms with Gasteiger partial charge >= 0.3 is 12.1 Å². The Hall–Kier alpha value is -4.51. The Labute approximate surface area is 331 Å². The lowest BCUT2D eigenvalue weighted by Crippen LogP contribution is -2.62. The van der Waals surface area contributed by atoms with Crippen LogP contribution in [0.5, 0.6) is 0 Å². The first-order valence-corrected chi connectivity index (χ1v) is 20.9. The summed E-state index contributed by atoms with van der Waals surface area (Å²) in [6, 6.07) is 2.78. The molecule has 56 heavy (non-hydrogen) atoms. The van der Waals surface area contributed by atoms with Crippen molar-refractivity contribution in [3.05, 3.63) is 48.0 Å². The highest BCUT2D eigenvalue weighted by Crippen LogP contribution is 2.29. The number of benzene rings is 1. The minimum atomic E-state index is -3.56. The van der Waals surface area contributed by atoms with Crippen molar-refractivity contribution >= 4 is 45.7 Å². The fourth-order valence-electron chi connectivity index (χ4n) is 6.55. The van der Waals surface area contributed by atoms with Crippen molar-refractivity contribution < 1.29 is 41.9 Å². The number of hydrogen-bond acceptors (Lipinski definition) is 9. The molecule has 4 N–H and O–H groups in total. The van der Waals surface area contributed by atoms with Crippen LogP contribution in [0.3, 0.4) is 0 Å². The Morgan fingerprint density at radius 2 is 1.64 bits per heavy atom. The van der Waals surface area contributed by atoms with Crippen LogP contribution in [0.4, 0.5) is 9.59 Å². The van der Waals surface area contributed by atoms with Gasteiger partial charge in [-0.15, -0.1) is 6.58 Å². The predicted octanol–water partition coefficient (Wildman–Crippen LogP) is 2.33. The lowest BCUT2D eigenvalue weighted by Gasteiger charge is -2.37. The van der Waals surface area contributed by atoms with E-state index in [2.05, 4.69) is 27.8 Å². The number of nitrogens with one attached hydrogen (secondary N) is 4. The molecule has 312 valence electrons. The molecule has 1 fully saturated rings. The Morgan fingerprint density at radius 1 is 1.00 bits per heavy atom. The molecule has 0 radical (unpaired) electrons. The summed E-state index contributed by atoms with van der Waals surface area (Å²) in [5.74, 6) is -3.11. The number of Topliss-reactive ketones (excluding diaryl/α,β-unsaturated/α-hetero) is 1. The van der Waals surface area contributed by atoms with Gasteiger partial charge in [0.15, 0.2) is 0 Å². The van der Waals surface area contributed by atoms with E-state index < -0.39 is 86.8 Å². The number of rotatable bonds is 15. The molecular formula is C39H61N7O9S. The topological polar surface area (TPSA) is 204 Å². The summed E-state index contributed by atoms with van der Waals surface area (Å²) in [5.41, 5.74) is 0.643. The number of carbonyl (C=O) groups is 6. The van der Waals surface area contributed by atoms with E-state index in [1.165, 1.54) is 18.0 Å². The van der Waals surface area contributed by atoms with Crippen LogP contribution in [-0.4, -0.2) is 128 Å². The van der Waals surface area contributed by atoms with Crippen LogP contribution in [-0.2, 0) is 46.9 Å². The van der Waals surface area contributed by atoms with Gasteiger partial charge in [-0.25, -0.2) is 22.3 Å². The lowest BCUT2D eigenvalue weighted by atomic mass is 9.85. The number of amides is 6. The Morgan fingerprint density at radius 3 is 2.21 bits per heavy atom. The Balaban J connectivity index is 1.91. The van der Waals surface area contributed by atoms with Crippen LogP contribution < -0.4 is 21.3 Å². The first kappa shape index (κ1) is 45.9. The highest BCUT2D eigenvalue weighted by Gasteiger charge is 2.47. The van der Waals surface area contributed by atoms with Gasteiger partial charge in [0.25, 0.3) is 5.91 Å². The van der Waals surface area contributed by atoms with Crippen molar-refractivity contribution in [3.8, 4) is 0 Å². The van der Waals surface area contributed by atoms with Gasteiger partial charge in [-0.05, 0) is 34.8 Å². The van der Waals surface area contributed by atoms with E-state index in [9.17, 15) is 37.2 Å². The third-order valence-electron chi connectivity index (χ3n) is 10.1. The van der Waals surface area contributed by atoms with Crippen molar-refractivity contribution in [2.45, 2.75) is 111 Å². The summed E-state index contributed by atoms with van der Waals surface area (Å²) in [5, 5.41) is 10.7. The maximum absolute atomic E-state index is 14.6. The van der Waals surface area contributed by atoms with Gasteiger partial charge in [-0.1, -0.05) is 85.2 Å². The largest absolute Gasteiger partial charge is 0.444 e. The Bertz CT molecular complexity index is 1740. The van der Waals surface area contributed by atoms with Gasteiger partial charge in [-0.3, -0.25) is 19.2 Å². The van der Waals surface area contributed by atoms with E-state index in [1.54, 1.807) is 32.6 Å². The number of urea groups is 1. The zero-order valence-electron chi connectivity index (χ0n) is 34.3. The zero-order chi connectivity index (χ0) is 42.2. The normalized spacial score (nSPS) is 18.9. The number of hydrogen-bond donors (Lipinski definition) is 4. The predicted molar refractivity (Wildman–Crippen MR) is 212 cm³/mol. The van der Waals surface area contributed by atoms with Crippen molar-refractivity contribution in [2.24, 2.45) is 10.8 Å². The summed E-state index contributed by atoms with van der Waals surface area (Å²) in [6.07, 6.45) is 2.11. The van der Waals surface area contributed by atoms with E-state index in [0.717, 1.165) is 21.7 Å². The van der Waals surface area contributed by atoms with Crippen LogP contribution in [0, 0.1) is 10.8 Å². The van der Waals surface area contributed by atoms with Crippen molar-refractivity contribution in [3.63, 3.8) is 0 Å². The van der Waals surface area contributed by atoms with Crippen LogP contribution in [0.25, 0.3) is 0 Å². The average Bonchev–Trinajstić information content (AvgIpc) is 3.54. The number of sulfonamides is 1. The lowest BCUT2D eigenvalue weighted by molar-refractivity contribution is -0.143. The van der Waals surface area contributed by atoms with Gasteiger partial charge in [-0.2, -0.15) is 0 Å². The van der Waals surface area contributed by atoms with Crippen LogP contribution in [0.2, 0.25) is 0 Å². The average molecular weight is 804 g/mol. The third kappa shape index (κ3) is 12.5. The summed E-state index contributed by atoms with van der Waals surface area (Å²) in [4.78, 5) is 84.3. The fourth-order valence-corrected chi connectivity index (χ4v) is 6.97. The molecule has 2 aliphatic heterocycles. The number of ether oxygens (including phenoxy) is 1. The molecular weight excluding hydrogens is 743 g/mol. The second-order valence-electron chi connectivity index (χ2n) is 16.8. The number of likely N-dealkylation sites (N-methyl/N-ethyl adjacent to an activating group) is 1. The van der Waals surface area contributed by atoms with Crippen LogP contribution in [0.1, 0.15) is 78.9 Å². The molecule has 1 aromatic rings. The molecule has 5 atom stereocenters. The van der Waals surface area contributed by atoms with Crippen molar-refractivity contribution in [1.82, 2.24) is 35.4 Å². The van der Waals surface area contributed by atoms with Gasteiger partial charge in [0.1, 0.15) is 18.2 Å². The first-order valence-electron chi connectivity index (χ1n) is 19.0. The monoisotopic (exact) mass is 803 g/mol. The second kappa shape index (κ2) is 19.1. The molecule has 2 unspecified atom stereocenters. The summed E-state index contributed by atoms with van der Waals surface area (Å²) < 4.78 is 31.5. The maximum atomic E-state index is 14.6. The number of carbonyl (C=O) groups excluding carboxylic acids is 6. The maximum Gasteiger partial charge on any atom is 0.410 e. The molecule has 3 rings (SSSR count). The first-order chi connectivity index (χ1) is 26.0. The molecule has 16 nitrogen and oxygen atoms in total. The van der Waals surface area contributed by atoms with Gasteiger partial charge in [0, 0.05) is 45.7 Å². The fraction of sp³-hybridized carbons (Fsp3) is 0.641. The van der Waals surface area contributed by atoms with E-state index in [4.69, 9.17) is 4.74 Å². The number of fused-ring (bicyclic) bond motifs is 1. The van der Waals surface area contributed by atoms with Crippen molar-refractivity contribution in [1.29, 1.82) is 0 Å². The molecule has 6 amide bonds. The summed E-state index contributed by atoms with van der Waals surface area (Å²) >= 11 is 0. The van der Waals surface area contributed by atoms with Gasteiger partial charge in [0.2, 0.25) is 27.6 Å². The smallest absolute Gasteiger partial charge is 0.410 e. The molecule has 17 heteroatoms. The second-order valence-corrected chi connectivity index (χ2v) is 18.9. The third-order valence-corrected chi connectivity index (χ3v) is 11.4. The van der Waals surface area contributed by atoms with Gasteiger partial charge in [0.05, 0.1) is 18.8 Å². The quantitative estimate of drug-likeness (QED) is 0.152. The van der Waals surface area contributed by atoms with E-state index in [0.29, 0.717) is 25.9 Å². The molecule has 0 bridgehead atoms. The van der Waals surface area contributed by atoms with Crippen LogP contribution >= 0.6 is 0 Å². The van der Waals surface area contributed by atoms with Crippen LogP contribution in [0.15, 0.2) is 36.9 Å².